The molecule has 160 valence electrons. The Kier molecular flexibility index (Phi) is 8.00. The van der Waals surface area contributed by atoms with Crippen molar-refractivity contribution in [3.05, 3.63) is 30.1 Å². The van der Waals surface area contributed by atoms with Gasteiger partial charge in [0.15, 0.2) is 0 Å². The lowest BCUT2D eigenvalue weighted by Gasteiger charge is -2.36. The summed E-state index contributed by atoms with van der Waals surface area (Å²) in [5.74, 6) is 0.112. The Labute approximate surface area is 173 Å². The van der Waals surface area contributed by atoms with Crippen molar-refractivity contribution in [3.63, 3.8) is 0 Å². The first-order chi connectivity index (χ1) is 14.0. The van der Waals surface area contributed by atoms with Gasteiger partial charge in [-0.2, -0.15) is 0 Å². The topological polar surface area (TPSA) is 83.6 Å². The molecule has 29 heavy (non-hydrogen) atoms. The van der Waals surface area contributed by atoms with Gasteiger partial charge in [-0.15, -0.1) is 0 Å². The van der Waals surface area contributed by atoms with Crippen LogP contribution in [-0.4, -0.2) is 66.1 Å². The van der Waals surface area contributed by atoms with Crippen molar-refractivity contribution in [2.45, 2.75) is 64.1 Å². The molecule has 0 radical (unpaired) electrons. The van der Waals surface area contributed by atoms with Crippen molar-refractivity contribution in [1.29, 1.82) is 0 Å². The Bertz CT molecular complexity index is 661. The summed E-state index contributed by atoms with van der Waals surface area (Å²) in [4.78, 5) is 31.7. The lowest BCUT2D eigenvalue weighted by atomic mass is 10.00. The highest BCUT2D eigenvalue weighted by atomic mass is 16.5. The van der Waals surface area contributed by atoms with E-state index in [1.807, 2.05) is 26.0 Å². The first-order valence-electron chi connectivity index (χ1n) is 10.8. The minimum atomic E-state index is -0.0395. The maximum Gasteiger partial charge on any atom is 0.224 e. The molecular weight excluding hydrogens is 368 g/mol. The van der Waals surface area contributed by atoms with Gasteiger partial charge in [0, 0.05) is 56.8 Å². The number of hydrogen-bond acceptors (Lipinski definition) is 5. The average Bonchev–Trinajstić information content (AvgIpc) is 2.92. The summed E-state index contributed by atoms with van der Waals surface area (Å²) in [6, 6.07) is 4.35. The van der Waals surface area contributed by atoms with E-state index in [-0.39, 0.29) is 29.8 Å². The van der Waals surface area contributed by atoms with Gasteiger partial charge in [0.1, 0.15) is 0 Å². The van der Waals surface area contributed by atoms with Crippen LogP contribution in [0.1, 0.15) is 45.1 Å². The number of carbonyl (C=O) groups excluding carboxylic acids is 2. The van der Waals surface area contributed by atoms with Gasteiger partial charge in [-0.1, -0.05) is 0 Å². The summed E-state index contributed by atoms with van der Waals surface area (Å²) in [7, 11) is 0. The molecule has 2 atom stereocenters. The molecule has 0 saturated carbocycles. The van der Waals surface area contributed by atoms with E-state index in [1.165, 1.54) is 0 Å². The van der Waals surface area contributed by atoms with Gasteiger partial charge < -0.3 is 15.4 Å². The quantitative estimate of drug-likeness (QED) is 0.754. The average molecular weight is 403 g/mol. The van der Waals surface area contributed by atoms with E-state index in [1.54, 1.807) is 12.4 Å². The molecule has 2 aliphatic rings. The number of aromatic nitrogens is 1. The van der Waals surface area contributed by atoms with Crippen molar-refractivity contribution >= 4 is 11.8 Å². The highest BCUT2D eigenvalue weighted by molar-refractivity contribution is 5.80. The zero-order chi connectivity index (χ0) is 20.6. The number of hydrogen-bond donors (Lipinski definition) is 2. The molecule has 7 nitrogen and oxygen atoms in total. The summed E-state index contributed by atoms with van der Waals surface area (Å²) >= 11 is 0. The van der Waals surface area contributed by atoms with Crippen LogP contribution in [0.4, 0.5) is 0 Å². The first-order valence-corrected chi connectivity index (χ1v) is 10.8. The van der Waals surface area contributed by atoms with Crippen molar-refractivity contribution < 1.29 is 14.3 Å². The van der Waals surface area contributed by atoms with Crippen LogP contribution in [0.2, 0.25) is 0 Å². The second-order valence-electron chi connectivity index (χ2n) is 8.53. The largest absolute Gasteiger partial charge is 0.381 e. The molecular formula is C22H34N4O3. The fourth-order valence-electron chi connectivity index (χ4n) is 4.27. The fourth-order valence-corrected chi connectivity index (χ4v) is 4.27. The van der Waals surface area contributed by atoms with Crippen LogP contribution < -0.4 is 10.6 Å². The maximum absolute atomic E-state index is 12.7. The van der Waals surface area contributed by atoms with E-state index >= 15 is 0 Å². The molecule has 3 heterocycles. The lowest BCUT2D eigenvalue weighted by molar-refractivity contribution is -0.126. The third-order valence-electron chi connectivity index (χ3n) is 5.76. The van der Waals surface area contributed by atoms with Gasteiger partial charge in [-0.05, 0) is 57.2 Å². The number of amides is 2. The zero-order valence-corrected chi connectivity index (χ0v) is 17.6. The molecule has 0 aliphatic carbocycles. The minimum Gasteiger partial charge on any atom is -0.381 e. The van der Waals surface area contributed by atoms with Crippen LogP contribution in [0.5, 0.6) is 0 Å². The van der Waals surface area contributed by atoms with E-state index < -0.39 is 0 Å². The number of rotatable bonds is 6. The Morgan fingerprint density at radius 3 is 2.55 bits per heavy atom. The Hall–Kier alpha value is -1.99. The normalized spacial score (nSPS) is 24.1. The molecule has 0 spiro atoms. The molecule has 0 aromatic carbocycles. The van der Waals surface area contributed by atoms with Gasteiger partial charge in [-0.3, -0.25) is 19.5 Å². The van der Waals surface area contributed by atoms with E-state index in [2.05, 4.69) is 20.5 Å². The van der Waals surface area contributed by atoms with Gasteiger partial charge in [0.2, 0.25) is 11.8 Å². The number of likely N-dealkylation sites (tertiary alicyclic amines) is 1. The minimum absolute atomic E-state index is 0.0261. The van der Waals surface area contributed by atoms with E-state index in [0.717, 1.165) is 57.6 Å². The maximum atomic E-state index is 12.7. The van der Waals surface area contributed by atoms with Crippen LogP contribution in [0.3, 0.4) is 0 Å². The Morgan fingerprint density at radius 1 is 1.14 bits per heavy atom. The van der Waals surface area contributed by atoms with E-state index in [4.69, 9.17) is 4.74 Å². The Balaban J connectivity index is 1.64. The molecule has 1 aromatic rings. The van der Waals surface area contributed by atoms with Gasteiger partial charge in [0.25, 0.3) is 0 Å². The van der Waals surface area contributed by atoms with Crippen molar-refractivity contribution in [3.8, 4) is 0 Å². The molecule has 2 saturated heterocycles. The number of nitrogens with one attached hydrogen (secondary N) is 2. The van der Waals surface area contributed by atoms with Crippen LogP contribution in [0.15, 0.2) is 24.5 Å². The molecule has 0 bridgehead atoms. The second-order valence-corrected chi connectivity index (χ2v) is 8.53. The number of ether oxygens (including phenoxy) is 1. The van der Waals surface area contributed by atoms with E-state index in [0.29, 0.717) is 12.5 Å². The molecule has 3 rings (SSSR count). The van der Waals surface area contributed by atoms with Gasteiger partial charge in [0.05, 0.1) is 12.3 Å². The van der Waals surface area contributed by atoms with Gasteiger partial charge in [-0.25, -0.2) is 0 Å². The molecule has 7 heteroatoms. The van der Waals surface area contributed by atoms with Crippen molar-refractivity contribution in [2.24, 2.45) is 5.92 Å². The molecule has 0 unspecified atom stereocenters. The lowest BCUT2D eigenvalue weighted by Crippen LogP contribution is -2.49. The van der Waals surface area contributed by atoms with Crippen LogP contribution in [-0.2, 0) is 20.7 Å². The summed E-state index contributed by atoms with van der Waals surface area (Å²) < 4.78 is 5.53. The molecule has 2 aliphatic heterocycles. The SMILES string of the molecule is CC(C)NC(=O)[C@@H]1CC[C@H](NC(=O)Cc2ccncc2)CN(C2CCOCC2)C1. The zero-order valence-electron chi connectivity index (χ0n) is 17.6. The third-order valence-corrected chi connectivity index (χ3v) is 5.76. The third kappa shape index (κ3) is 6.78. The predicted molar refractivity (Wildman–Crippen MR) is 111 cm³/mol. The molecule has 2 fully saturated rings. The standard InChI is InChI=1S/C22H34N4O3/c1-16(2)24-22(28)18-3-4-19(15-26(14-18)20-7-11-29-12-8-20)25-21(27)13-17-5-9-23-10-6-17/h5-6,9-10,16,18-20H,3-4,7-8,11-15H2,1-2H3,(H,24,28)(H,25,27)/t18-,19+/m1/s1. The van der Waals surface area contributed by atoms with E-state index in [9.17, 15) is 9.59 Å². The smallest absolute Gasteiger partial charge is 0.224 e. The van der Waals surface area contributed by atoms with Crippen LogP contribution in [0, 0.1) is 5.92 Å². The summed E-state index contributed by atoms with van der Waals surface area (Å²) in [6.45, 7) is 7.06. The summed E-state index contributed by atoms with van der Waals surface area (Å²) in [5.41, 5.74) is 0.960. The van der Waals surface area contributed by atoms with Gasteiger partial charge >= 0.3 is 0 Å². The monoisotopic (exact) mass is 402 g/mol. The summed E-state index contributed by atoms with van der Waals surface area (Å²) in [6.07, 6.45) is 7.34. The van der Waals surface area contributed by atoms with Crippen molar-refractivity contribution in [1.82, 2.24) is 20.5 Å². The highest BCUT2D eigenvalue weighted by Crippen LogP contribution is 2.23. The van der Waals surface area contributed by atoms with Crippen molar-refractivity contribution in [2.75, 3.05) is 26.3 Å². The number of pyridine rings is 1. The Morgan fingerprint density at radius 2 is 1.86 bits per heavy atom. The molecule has 1 aromatic heterocycles. The predicted octanol–water partition coefficient (Wildman–Crippen LogP) is 1.52. The highest BCUT2D eigenvalue weighted by Gasteiger charge is 2.33. The first kappa shape index (κ1) is 21.7. The second kappa shape index (κ2) is 10.7. The fraction of sp³-hybridized carbons (Fsp3) is 0.682. The summed E-state index contributed by atoms with van der Waals surface area (Å²) in [5, 5.41) is 6.28. The number of carbonyl (C=O) groups is 2. The van der Waals surface area contributed by atoms with Crippen LogP contribution in [0.25, 0.3) is 0 Å². The van der Waals surface area contributed by atoms with Crippen LogP contribution >= 0.6 is 0 Å². The molecule has 2 N–H and O–H groups in total. The number of nitrogens with zero attached hydrogens (tertiary/aromatic N) is 2. The molecule has 2 amide bonds.